The van der Waals surface area contributed by atoms with Gasteiger partial charge in [-0.2, -0.15) is 0 Å². The smallest absolute Gasteiger partial charge is 0.0609 e. The fraction of sp³-hybridized carbons (Fsp3) is 1.00. The summed E-state index contributed by atoms with van der Waals surface area (Å²) in [6.07, 6.45) is 6.58. The largest absolute Gasteiger partial charge is 0.394 e. The molecule has 0 amide bonds. The van der Waals surface area contributed by atoms with Gasteiger partial charge in [-0.25, -0.2) is 0 Å². The maximum Gasteiger partial charge on any atom is 0.0609 e. The predicted molar refractivity (Wildman–Crippen MR) is 77.8 cm³/mol. The van der Waals surface area contributed by atoms with Crippen LogP contribution in [0.1, 0.15) is 52.9 Å². The topological polar surface area (TPSA) is 35.5 Å². The first-order chi connectivity index (χ1) is 8.51. The normalized spacial score (nSPS) is 25.7. The zero-order valence-corrected chi connectivity index (χ0v) is 12.7. The van der Waals surface area contributed by atoms with Gasteiger partial charge in [0, 0.05) is 18.1 Å². The van der Waals surface area contributed by atoms with Crippen LogP contribution in [0.25, 0.3) is 0 Å². The zero-order valence-electron chi connectivity index (χ0n) is 12.7. The highest BCUT2D eigenvalue weighted by atomic mass is 16.3. The summed E-state index contributed by atoms with van der Waals surface area (Å²) in [5.74, 6) is 0.737. The molecule has 1 fully saturated rings. The third kappa shape index (κ3) is 4.52. The molecule has 2 atom stereocenters. The Kier molecular flexibility index (Phi) is 6.61. The van der Waals surface area contributed by atoms with E-state index in [1.165, 1.54) is 32.1 Å². The third-order valence-electron chi connectivity index (χ3n) is 4.49. The summed E-state index contributed by atoms with van der Waals surface area (Å²) in [5, 5.41) is 13.2. The summed E-state index contributed by atoms with van der Waals surface area (Å²) in [6, 6.07) is 0.677. The van der Waals surface area contributed by atoms with E-state index in [1.807, 2.05) is 0 Å². The highest BCUT2D eigenvalue weighted by Gasteiger charge is 2.30. The number of rotatable bonds is 7. The van der Waals surface area contributed by atoms with Gasteiger partial charge < -0.3 is 10.4 Å². The number of aliphatic hydroxyl groups excluding tert-OH is 1. The van der Waals surface area contributed by atoms with Gasteiger partial charge in [-0.05, 0) is 52.6 Å². The van der Waals surface area contributed by atoms with Gasteiger partial charge in [0.25, 0.3) is 0 Å². The van der Waals surface area contributed by atoms with Crippen LogP contribution in [0.3, 0.4) is 0 Å². The van der Waals surface area contributed by atoms with Crippen LogP contribution in [0.2, 0.25) is 0 Å². The van der Waals surface area contributed by atoms with Crippen LogP contribution in [0, 0.1) is 5.92 Å². The number of hydrogen-bond acceptors (Lipinski definition) is 3. The van der Waals surface area contributed by atoms with Gasteiger partial charge in [0.05, 0.1) is 6.61 Å². The Balaban J connectivity index is 2.50. The fourth-order valence-corrected chi connectivity index (χ4v) is 2.74. The molecule has 0 aromatic carbocycles. The van der Waals surface area contributed by atoms with Crippen molar-refractivity contribution in [1.82, 2.24) is 10.2 Å². The Morgan fingerprint density at radius 3 is 2.56 bits per heavy atom. The van der Waals surface area contributed by atoms with Crippen molar-refractivity contribution in [1.29, 1.82) is 0 Å². The van der Waals surface area contributed by atoms with Crippen molar-refractivity contribution in [3.8, 4) is 0 Å². The number of nitrogens with zero attached hydrogens (tertiary/aromatic N) is 1. The maximum atomic E-state index is 9.44. The van der Waals surface area contributed by atoms with E-state index in [0.717, 1.165) is 19.0 Å². The SMILES string of the molecule is CCCNC1CCCCC1CN(C)C(C)(C)CO. The lowest BCUT2D eigenvalue weighted by molar-refractivity contribution is 0.0541. The molecule has 3 nitrogen and oxygen atoms in total. The van der Waals surface area contributed by atoms with Crippen molar-refractivity contribution >= 4 is 0 Å². The first-order valence-corrected chi connectivity index (χ1v) is 7.56. The van der Waals surface area contributed by atoms with Gasteiger partial charge in [-0.3, -0.25) is 4.90 Å². The van der Waals surface area contributed by atoms with Crippen LogP contribution in [0.4, 0.5) is 0 Å². The van der Waals surface area contributed by atoms with Crippen molar-refractivity contribution in [3.63, 3.8) is 0 Å². The number of nitrogens with one attached hydrogen (secondary N) is 1. The van der Waals surface area contributed by atoms with E-state index >= 15 is 0 Å². The summed E-state index contributed by atoms with van der Waals surface area (Å²) in [5.41, 5.74) is -0.104. The molecule has 0 aliphatic heterocycles. The molecule has 2 unspecified atom stereocenters. The summed E-state index contributed by atoms with van der Waals surface area (Å²) in [7, 11) is 2.14. The summed E-state index contributed by atoms with van der Waals surface area (Å²) < 4.78 is 0. The maximum absolute atomic E-state index is 9.44. The third-order valence-corrected chi connectivity index (χ3v) is 4.49. The van der Waals surface area contributed by atoms with Gasteiger partial charge in [0.2, 0.25) is 0 Å². The fourth-order valence-electron chi connectivity index (χ4n) is 2.74. The minimum atomic E-state index is -0.104. The van der Waals surface area contributed by atoms with Gasteiger partial charge in [0.15, 0.2) is 0 Å². The van der Waals surface area contributed by atoms with Gasteiger partial charge >= 0.3 is 0 Å². The van der Waals surface area contributed by atoms with Gasteiger partial charge in [0.1, 0.15) is 0 Å². The minimum absolute atomic E-state index is 0.104. The molecule has 18 heavy (non-hydrogen) atoms. The molecule has 0 saturated heterocycles. The molecular weight excluding hydrogens is 224 g/mol. The van der Waals surface area contributed by atoms with Crippen molar-refractivity contribution in [2.24, 2.45) is 5.92 Å². The van der Waals surface area contributed by atoms with Crippen LogP contribution in [0.5, 0.6) is 0 Å². The second-order valence-corrected chi connectivity index (χ2v) is 6.46. The molecule has 1 rings (SSSR count). The van der Waals surface area contributed by atoms with E-state index in [-0.39, 0.29) is 12.1 Å². The van der Waals surface area contributed by atoms with Crippen molar-refractivity contribution < 1.29 is 5.11 Å². The highest BCUT2D eigenvalue weighted by molar-refractivity contribution is 4.86. The van der Waals surface area contributed by atoms with E-state index in [4.69, 9.17) is 0 Å². The van der Waals surface area contributed by atoms with E-state index in [1.54, 1.807) is 0 Å². The quantitative estimate of drug-likeness (QED) is 0.733. The Morgan fingerprint density at radius 1 is 1.28 bits per heavy atom. The molecule has 0 radical (unpaired) electrons. The predicted octanol–water partition coefficient (Wildman–Crippen LogP) is 2.25. The molecule has 1 aliphatic carbocycles. The number of likely N-dealkylation sites (N-methyl/N-ethyl adjacent to an activating group) is 1. The van der Waals surface area contributed by atoms with Gasteiger partial charge in [-0.15, -0.1) is 0 Å². The molecule has 3 heteroatoms. The molecule has 0 aromatic heterocycles. The molecule has 0 heterocycles. The Hall–Kier alpha value is -0.120. The minimum Gasteiger partial charge on any atom is -0.394 e. The van der Waals surface area contributed by atoms with Crippen molar-refractivity contribution in [2.45, 2.75) is 64.5 Å². The van der Waals surface area contributed by atoms with Crippen molar-refractivity contribution in [2.75, 3.05) is 26.7 Å². The Morgan fingerprint density at radius 2 is 1.94 bits per heavy atom. The van der Waals surface area contributed by atoms with E-state index in [2.05, 4.69) is 38.0 Å². The molecule has 0 aromatic rings. The Labute approximate surface area is 113 Å². The van der Waals surface area contributed by atoms with Gasteiger partial charge in [-0.1, -0.05) is 19.8 Å². The van der Waals surface area contributed by atoms with E-state index in [9.17, 15) is 5.11 Å². The summed E-state index contributed by atoms with van der Waals surface area (Å²) >= 11 is 0. The molecule has 2 N–H and O–H groups in total. The first-order valence-electron chi connectivity index (χ1n) is 7.56. The van der Waals surface area contributed by atoms with Crippen molar-refractivity contribution in [3.05, 3.63) is 0 Å². The molecule has 108 valence electrons. The van der Waals surface area contributed by atoms with E-state index < -0.39 is 0 Å². The molecular formula is C15H32N2O. The first kappa shape index (κ1) is 15.9. The van der Waals surface area contributed by atoms with Crippen LogP contribution >= 0.6 is 0 Å². The standard InChI is InChI=1S/C15H32N2O/c1-5-10-16-14-9-7-6-8-13(14)11-17(4)15(2,3)12-18/h13-14,16,18H,5-12H2,1-4H3. The van der Waals surface area contributed by atoms with Crippen LogP contribution in [-0.2, 0) is 0 Å². The zero-order chi connectivity index (χ0) is 13.6. The lowest BCUT2D eigenvalue weighted by Gasteiger charge is -2.40. The molecule has 0 spiro atoms. The Bertz CT molecular complexity index is 231. The average molecular weight is 256 g/mol. The lowest BCUT2D eigenvalue weighted by Crippen LogP contribution is -2.50. The molecule has 1 saturated carbocycles. The molecule has 0 bridgehead atoms. The summed E-state index contributed by atoms with van der Waals surface area (Å²) in [4.78, 5) is 2.32. The van der Waals surface area contributed by atoms with Crippen LogP contribution in [-0.4, -0.2) is 48.3 Å². The van der Waals surface area contributed by atoms with Crippen LogP contribution in [0.15, 0.2) is 0 Å². The summed E-state index contributed by atoms with van der Waals surface area (Å²) in [6.45, 7) is 8.91. The number of aliphatic hydroxyl groups is 1. The highest BCUT2D eigenvalue weighted by Crippen LogP contribution is 2.27. The van der Waals surface area contributed by atoms with Crippen LogP contribution < -0.4 is 5.32 Å². The second-order valence-electron chi connectivity index (χ2n) is 6.46. The average Bonchev–Trinajstić information content (AvgIpc) is 2.37. The molecule has 1 aliphatic rings. The lowest BCUT2D eigenvalue weighted by atomic mass is 9.83. The number of hydrogen-bond donors (Lipinski definition) is 2. The second kappa shape index (κ2) is 7.46. The van der Waals surface area contributed by atoms with E-state index in [0.29, 0.717) is 6.04 Å². The monoisotopic (exact) mass is 256 g/mol.